The van der Waals surface area contributed by atoms with Crippen LogP contribution in [0.25, 0.3) is 16.8 Å². The zero-order valence-corrected chi connectivity index (χ0v) is 14.0. The molecular weight excluding hydrogens is 350 g/mol. The lowest BCUT2D eigenvalue weighted by Crippen LogP contribution is -1.93. The molecule has 3 aromatic heterocycles. The van der Waals surface area contributed by atoms with E-state index in [1.165, 1.54) is 23.9 Å². The van der Waals surface area contributed by atoms with E-state index in [-0.39, 0.29) is 5.88 Å². The maximum Gasteiger partial charge on any atom is 0.433 e. The van der Waals surface area contributed by atoms with Crippen LogP contribution < -0.4 is 0 Å². The molecule has 0 radical (unpaired) electrons. The van der Waals surface area contributed by atoms with Gasteiger partial charge >= 0.3 is 5.88 Å². The highest BCUT2D eigenvalue weighted by Crippen LogP contribution is 2.26. The first kappa shape index (κ1) is 16.1. The molecule has 8 nitrogen and oxygen atoms in total. The summed E-state index contributed by atoms with van der Waals surface area (Å²) < 4.78 is 6.67. The predicted octanol–water partition coefficient (Wildman–Crippen LogP) is 3.78. The topological polar surface area (TPSA) is 99.3 Å². The quantitative estimate of drug-likeness (QED) is 0.287. The molecule has 0 aliphatic heterocycles. The van der Waals surface area contributed by atoms with Gasteiger partial charge in [-0.3, -0.25) is 10.1 Å². The standard InChI is InChI=1S/C14H11N5O3S2/c1-23-14-17-16-13(11-5-3-9-24-11)18(14)15-8-2-4-10-6-7-12(22-10)19(20)21/h2-9H,1H3/b4-2+,15-8+. The first-order chi connectivity index (χ1) is 11.7. The van der Waals surface area contributed by atoms with Crippen LogP contribution in [-0.2, 0) is 0 Å². The smallest absolute Gasteiger partial charge is 0.401 e. The summed E-state index contributed by atoms with van der Waals surface area (Å²) in [5, 5.41) is 25.8. The highest BCUT2D eigenvalue weighted by atomic mass is 32.2. The van der Waals surface area contributed by atoms with Crippen molar-refractivity contribution in [1.29, 1.82) is 0 Å². The molecule has 0 aliphatic rings. The predicted molar refractivity (Wildman–Crippen MR) is 93.4 cm³/mol. The van der Waals surface area contributed by atoms with E-state index in [1.54, 1.807) is 34.4 Å². The van der Waals surface area contributed by atoms with Crippen LogP contribution in [0.5, 0.6) is 0 Å². The number of aromatic nitrogens is 3. The van der Waals surface area contributed by atoms with E-state index in [0.29, 0.717) is 16.7 Å². The van der Waals surface area contributed by atoms with Crippen LogP contribution >= 0.6 is 23.1 Å². The van der Waals surface area contributed by atoms with Crippen LogP contribution in [0.3, 0.4) is 0 Å². The Morgan fingerprint density at radius 3 is 2.96 bits per heavy atom. The first-order valence-corrected chi connectivity index (χ1v) is 8.78. The van der Waals surface area contributed by atoms with Crippen molar-refractivity contribution in [3.63, 3.8) is 0 Å². The molecule has 0 N–H and O–H groups in total. The van der Waals surface area contributed by atoms with Crippen LogP contribution in [0.15, 0.2) is 50.4 Å². The summed E-state index contributed by atoms with van der Waals surface area (Å²) in [6.07, 6.45) is 6.66. The molecule has 0 unspecified atom stereocenters. The zero-order valence-electron chi connectivity index (χ0n) is 12.4. The number of hydrogen-bond acceptors (Lipinski definition) is 8. The number of thiophene rings is 1. The average molecular weight is 361 g/mol. The summed E-state index contributed by atoms with van der Waals surface area (Å²) in [4.78, 5) is 10.9. The Morgan fingerprint density at radius 1 is 1.42 bits per heavy atom. The summed E-state index contributed by atoms with van der Waals surface area (Å²) in [5.74, 6) is 0.739. The Bertz CT molecular complexity index is 896. The maximum atomic E-state index is 10.6. The third-order valence-electron chi connectivity index (χ3n) is 2.86. The minimum Gasteiger partial charge on any atom is -0.401 e. The minimum absolute atomic E-state index is 0.296. The molecule has 0 bridgehead atoms. The van der Waals surface area contributed by atoms with Gasteiger partial charge in [-0.15, -0.1) is 21.5 Å². The monoisotopic (exact) mass is 361 g/mol. The van der Waals surface area contributed by atoms with Crippen molar-refractivity contribution >= 4 is 41.3 Å². The summed E-state index contributed by atoms with van der Waals surface area (Å²) in [5.41, 5.74) is 0. The molecule has 0 saturated carbocycles. The van der Waals surface area contributed by atoms with E-state index < -0.39 is 4.92 Å². The fourth-order valence-electron chi connectivity index (χ4n) is 1.83. The SMILES string of the molecule is CSc1nnc(-c2cccs2)n1/N=C/C=C/c1ccc([N+](=O)[O-])o1. The summed E-state index contributed by atoms with van der Waals surface area (Å²) >= 11 is 2.99. The highest BCUT2D eigenvalue weighted by molar-refractivity contribution is 7.98. The molecule has 0 amide bonds. The Labute approximate surface area is 144 Å². The molecule has 0 spiro atoms. The zero-order chi connectivity index (χ0) is 16.9. The van der Waals surface area contributed by atoms with Gasteiger partial charge in [0, 0.05) is 6.21 Å². The summed E-state index contributed by atoms with van der Waals surface area (Å²) in [6.45, 7) is 0. The van der Waals surface area contributed by atoms with Crippen LogP contribution in [0.4, 0.5) is 5.88 Å². The third kappa shape index (κ3) is 3.44. The van der Waals surface area contributed by atoms with Gasteiger partial charge in [0.05, 0.1) is 10.9 Å². The lowest BCUT2D eigenvalue weighted by Gasteiger charge is -1.99. The van der Waals surface area contributed by atoms with Gasteiger partial charge in [0.1, 0.15) is 10.7 Å². The van der Waals surface area contributed by atoms with E-state index in [4.69, 9.17) is 4.42 Å². The van der Waals surface area contributed by atoms with Crippen molar-refractivity contribution in [3.8, 4) is 10.7 Å². The molecule has 0 atom stereocenters. The number of rotatable bonds is 6. The van der Waals surface area contributed by atoms with Gasteiger partial charge < -0.3 is 4.42 Å². The molecule has 24 heavy (non-hydrogen) atoms. The Kier molecular flexibility index (Phi) is 4.87. The van der Waals surface area contributed by atoms with Crippen LogP contribution in [-0.4, -0.2) is 32.3 Å². The van der Waals surface area contributed by atoms with Crippen molar-refractivity contribution in [2.45, 2.75) is 5.16 Å². The molecular formula is C14H11N5O3S2. The molecule has 0 aliphatic carbocycles. The molecule has 3 aromatic rings. The maximum absolute atomic E-state index is 10.6. The van der Waals surface area contributed by atoms with Crippen molar-refractivity contribution in [3.05, 3.63) is 51.6 Å². The fourth-order valence-corrected chi connectivity index (χ4v) is 2.95. The molecule has 3 rings (SSSR count). The van der Waals surface area contributed by atoms with E-state index in [9.17, 15) is 10.1 Å². The number of thioether (sulfide) groups is 1. The molecule has 10 heteroatoms. The normalized spacial score (nSPS) is 11.7. The van der Waals surface area contributed by atoms with Crippen molar-refractivity contribution < 1.29 is 9.34 Å². The molecule has 0 saturated heterocycles. The van der Waals surface area contributed by atoms with E-state index >= 15 is 0 Å². The first-order valence-electron chi connectivity index (χ1n) is 6.67. The van der Waals surface area contributed by atoms with Crippen LogP contribution in [0.2, 0.25) is 0 Å². The van der Waals surface area contributed by atoms with Gasteiger partial charge in [0.15, 0.2) is 5.82 Å². The number of furan rings is 1. The number of allylic oxidation sites excluding steroid dienone is 1. The number of nitro groups is 1. The second kappa shape index (κ2) is 7.23. The lowest BCUT2D eigenvalue weighted by atomic mass is 10.4. The Balaban J connectivity index is 1.80. The van der Waals surface area contributed by atoms with Crippen LogP contribution in [0, 0.1) is 10.1 Å². The van der Waals surface area contributed by atoms with E-state index in [2.05, 4.69) is 15.3 Å². The average Bonchev–Trinajstić information content (AvgIpc) is 3.30. The minimum atomic E-state index is -0.583. The molecule has 3 heterocycles. The second-order valence-electron chi connectivity index (χ2n) is 4.36. The van der Waals surface area contributed by atoms with Gasteiger partial charge in [-0.1, -0.05) is 17.8 Å². The Morgan fingerprint density at radius 2 is 2.29 bits per heavy atom. The van der Waals surface area contributed by atoms with Gasteiger partial charge in [-0.25, -0.2) is 0 Å². The second-order valence-corrected chi connectivity index (χ2v) is 6.08. The van der Waals surface area contributed by atoms with Gasteiger partial charge in [-0.2, -0.15) is 9.78 Å². The van der Waals surface area contributed by atoms with E-state index in [1.807, 2.05) is 23.8 Å². The number of nitrogens with zero attached hydrogens (tertiary/aromatic N) is 5. The van der Waals surface area contributed by atoms with Crippen molar-refractivity contribution in [2.24, 2.45) is 5.10 Å². The van der Waals surface area contributed by atoms with E-state index in [0.717, 1.165) is 4.88 Å². The molecule has 0 aromatic carbocycles. The van der Waals surface area contributed by atoms with Crippen LogP contribution in [0.1, 0.15) is 5.76 Å². The van der Waals surface area contributed by atoms with Crippen molar-refractivity contribution in [2.75, 3.05) is 6.26 Å². The Hall–Kier alpha value is -2.72. The van der Waals surface area contributed by atoms with Gasteiger partial charge in [0.25, 0.3) is 0 Å². The van der Waals surface area contributed by atoms with Gasteiger partial charge in [-0.05, 0) is 35.9 Å². The molecule has 122 valence electrons. The largest absolute Gasteiger partial charge is 0.433 e. The molecule has 0 fully saturated rings. The third-order valence-corrected chi connectivity index (χ3v) is 4.34. The number of hydrogen-bond donors (Lipinski definition) is 0. The summed E-state index contributed by atoms with van der Waals surface area (Å²) in [6, 6.07) is 6.71. The lowest BCUT2D eigenvalue weighted by molar-refractivity contribution is -0.402. The highest BCUT2D eigenvalue weighted by Gasteiger charge is 2.13. The fraction of sp³-hybridized carbons (Fsp3) is 0.0714. The van der Waals surface area contributed by atoms with Gasteiger partial charge in [0.2, 0.25) is 5.16 Å². The van der Waals surface area contributed by atoms with Crippen molar-refractivity contribution in [1.82, 2.24) is 14.9 Å². The summed E-state index contributed by atoms with van der Waals surface area (Å²) in [7, 11) is 0.